The predicted octanol–water partition coefficient (Wildman–Crippen LogP) is 3.92. The first-order valence-electron chi connectivity index (χ1n) is 8.09. The number of benzene rings is 2. The average molecular weight is 314 g/mol. The molecule has 0 aromatic heterocycles. The van der Waals surface area contributed by atoms with Crippen molar-refractivity contribution in [3.63, 3.8) is 0 Å². The molecular weight excluding hydrogens is 288 g/mol. The van der Waals surface area contributed by atoms with Crippen LogP contribution in [0.3, 0.4) is 0 Å². The van der Waals surface area contributed by atoms with Crippen molar-refractivity contribution in [2.45, 2.75) is 39.7 Å². The van der Waals surface area contributed by atoms with E-state index >= 15 is 0 Å². The Kier molecular flexibility index (Phi) is 6.05. The highest BCUT2D eigenvalue weighted by Crippen LogP contribution is 2.26. The minimum absolute atomic E-state index is 0.384. The van der Waals surface area contributed by atoms with Crippen LogP contribution >= 0.6 is 0 Å². The zero-order valence-electron chi connectivity index (χ0n) is 14.4. The minimum atomic E-state index is -0.384. The van der Waals surface area contributed by atoms with E-state index < -0.39 is 0 Å². The van der Waals surface area contributed by atoms with Crippen LogP contribution in [-0.2, 0) is 12.8 Å². The lowest BCUT2D eigenvalue weighted by Crippen LogP contribution is -2.07. The highest BCUT2D eigenvalue weighted by Gasteiger charge is 2.11. The SMILES string of the molecule is CCOc1ccc(Cc2cc(CC(C)O)c(OC)cc2C)cc1. The molecule has 0 bridgehead atoms. The predicted molar refractivity (Wildman–Crippen MR) is 93.5 cm³/mol. The largest absolute Gasteiger partial charge is 0.496 e. The van der Waals surface area contributed by atoms with Crippen molar-refractivity contribution in [2.24, 2.45) is 0 Å². The lowest BCUT2D eigenvalue weighted by molar-refractivity contribution is 0.194. The highest BCUT2D eigenvalue weighted by molar-refractivity contribution is 5.44. The first-order valence-corrected chi connectivity index (χ1v) is 8.09. The van der Waals surface area contributed by atoms with E-state index in [0.29, 0.717) is 13.0 Å². The van der Waals surface area contributed by atoms with E-state index in [1.165, 1.54) is 16.7 Å². The van der Waals surface area contributed by atoms with Crippen LogP contribution in [0.15, 0.2) is 36.4 Å². The summed E-state index contributed by atoms with van der Waals surface area (Å²) in [6.07, 6.45) is 1.07. The molecule has 0 amide bonds. The van der Waals surface area contributed by atoms with Gasteiger partial charge in [-0.25, -0.2) is 0 Å². The Bertz CT molecular complexity index is 630. The summed E-state index contributed by atoms with van der Waals surface area (Å²) < 4.78 is 10.9. The summed E-state index contributed by atoms with van der Waals surface area (Å²) in [5, 5.41) is 9.69. The van der Waals surface area contributed by atoms with Gasteiger partial charge in [-0.15, -0.1) is 0 Å². The van der Waals surface area contributed by atoms with Gasteiger partial charge in [-0.1, -0.05) is 18.2 Å². The molecule has 124 valence electrons. The molecule has 1 N–H and O–H groups in total. The smallest absolute Gasteiger partial charge is 0.122 e. The molecule has 0 radical (unpaired) electrons. The molecule has 0 spiro atoms. The Hall–Kier alpha value is -2.00. The standard InChI is InChI=1S/C20H26O3/c1-5-23-19-8-6-16(7-9-19)12-17-13-18(11-15(3)21)20(22-4)10-14(17)2/h6-10,13,15,21H,5,11-12H2,1-4H3. The molecule has 0 aliphatic rings. The van der Waals surface area contributed by atoms with E-state index in [-0.39, 0.29) is 6.10 Å². The fourth-order valence-electron chi connectivity index (χ4n) is 2.73. The van der Waals surface area contributed by atoms with Crippen LogP contribution < -0.4 is 9.47 Å². The van der Waals surface area contributed by atoms with E-state index in [4.69, 9.17) is 9.47 Å². The van der Waals surface area contributed by atoms with Gasteiger partial charge in [-0.3, -0.25) is 0 Å². The van der Waals surface area contributed by atoms with E-state index in [1.807, 2.05) is 19.1 Å². The third-order valence-electron chi connectivity index (χ3n) is 3.88. The molecule has 0 aliphatic heterocycles. The van der Waals surface area contributed by atoms with Crippen LogP contribution in [0.4, 0.5) is 0 Å². The Morgan fingerprint density at radius 3 is 2.35 bits per heavy atom. The Balaban J connectivity index is 2.24. The second kappa shape index (κ2) is 8.02. The number of methoxy groups -OCH3 is 1. The molecule has 0 saturated carbocycles. The van der Waals surface area contributed by atoms with Crippen LogP contribution in [0.5, 0.6) is 11.5 Å². The number of hydrogen-bond donors (Lipinski definition) is 1. The van der Waals surface area contributed by atoms with Crippen molar-refractivity contribution in [1.29, 1.82) is 0 Å². The molecule has 0 saturated heterocycles. The molecule has 1 unspecified atom stereocenters. The van der Waals surface area contributed by atoms with E-state index in [9.17, 15) is 5.11 Å². The van der Waals surface area contributed by atoms with Crippen LogP contribution in [0.25, 0.3) is 0 Å². The third-order valence-corrected chi connectivity index (χ3v) is 3.88. The molecule has 2 aromatic rings. The quantitative estimate of drug-likeness (QED) is 0.842. The zero-order chi connectivity index (χ0) is 16.8. The van der Waals surface area contributed by atoms with Crippen LogP contribution in [-0.4, -0.2) is 24.9 Å². The number of ether oxygens (including phenoxy) is 2. The van der Waals surface area contributed by atoms with Crippen molar-refractivity contribution in [1.82, 2.24) is 0 Å². The van der Waals surface area contributed by atoms with Crippen molar-refractivity contribution >= 4 is 0 Å². The summed E-state index contributed by atoms with van der Waals surface area (Å²) in [5.41, 5.74) is 4.74. The topological polar surface area (TPSA) is 38.7 Å². The lowest BCUT2D eigenvalue weighted by Gasteiger charge is -2.15. The fraction of sp³-hybridized carbons (Fsp3) is 0.400. The van der Waals surface area contributed by atoms with Gasteiger partial charge in [0.25, 0.3) is 0 Å². The monoisotopic (exact) mass is 314 g/mol. The number of aliphatic hydroxyl groups is 1. The molecule has 0 aliphatic carbocycles. The van der Waals surface area contributed by atoms with E-state index in [0.717, 1.165) is 23.5 Å². The molecule has 1 atom stereocenters. The third kappa shape index (κ3) is 4.73. The van der Waals surface area contributed by atoms with Crippen LogP contribution in [0.1, 0.15) is 36.1 Å². The van der Waals surface area contributed by atoms with Crippen molar-refractivity contribution in [2.75, 3.05) is 13.7 Å². The fourth-order valence-corrected chi connectivity index (χ4v) is 2.73. The summed E-state index contributed by atoms with van der Waals surface area (Å²) in [6, 6.07) is 12.4. The molecule has 3 nitrogen and oxygen atoms in total. The molecule has 23 heavy (non-hydrogen) atoms. The van der Waals surface area contributed by atoms with Gasteiger partial charge < -0.3 is 14.6 Å². The lowest BCUT2D eigenvalue weighted by atomic mass is 9.95. The number of hydrogen-bond acceptors (Lipinski definition) is 3. The van der Waals surface area contributed by atoms with Gasteiger partial charge in [0.1, 0.15) is 11.5 Å². The second-order valence-corrected chi connectivity index (χ2v) is 5.90. The first kappa shape index (κ1) is 17.4. The highest BCUT2D eigenvalue weighted by atomic mass is 16.5. The maximum atomic E-state index is 9.69. The van der Waals surface area contributed by atoms with Crippen molar-refractivity contribution in [3.8, 4) is 11.5 Å². The minimum Gasteiger partial charge on any atom is -0.496 e. The average Bonchev–Trinajstić information content (AvgIpc) is 2.52. The Morgan fingerprint density at radius 1 is 1.09 bits per heavy atom. The molecule has 0 fully saturated rings. The summed E-state index contributed by atoms with van der Waals surface area (Å²) in [5.74, 6) is 1.75. The molecular formula is C20H26O3. The summed E-state index contributed by atoms with van der Waals surface area (Å²) in [4.78, 5) is 0. The normalized spacial score (nSPS) is 12.0. The van der Waals surface area contributed by atoms with E-state index in [2.05, 4.69) is 31.2 Å². The van der Waals surface area contributed by atoms with Crippen LogP contribution in [0, 0.1) is 6.92 Å². The molecule has 0 heterocycles. The van der Waals surface area contributed by atoms with Crippen molar-refractivity contribution in [3.05, 3.63) is 58.7 Å². The summed E-state index contributed by atoms with van der Waals surface area (Å²) in [6.45, 7) is 6.56. The summed E-state index contributed by atoms with van der Waals surface area (Å²) >= 11 is 0. The van der Waals surface area contributed by atoms with Gasteiger partial charge in [-0.05, 0) is 67.6 Å². The zero-order valence-corrected chi connectivity index (χ0v) is 14.4. The Labute approximate surface area is 138 Å². The van der Waals surface area contributed by atoms with Gasteiger partial charge in [0, 0.05) is 6.42 Å². The maximum absolute atomic E-state index is 9.69. The maximum Gasteiger partial charge on any atom is 0.122 e. The second-order valence-electron chi connectivity index (χ2n) is 5.90. The van der Waals surface area contributed by atoms with Gasteiger partial charge in [0.2, 0.25) is 0 Å². The number of rotatable bonds is 7. The van der Waals surface area contributed by atoms with Crippen LogP contribution in [0.2, 0.25) is 0 Å². The molecule has 2 rings (SSSR count). The molecule has 3 heteroatoms. The van der Waals surface area contributed by atoms with Gasteiger partial charge in [-0.2, -0.15) is 0 Å². The van der Waals surface area contributed by atoms with Gasteiger partial charge in [0.15, 0.2) is 0 Å². The molecule has 2 aromatic carbocycles. The summed E-state index contributed by atoms with van der Waals surface area (Å²) in [7, 11) is 1.67. The van der Waals surface area contributed by atoms with E-state index in [1.54, 1.807) is 14.0 Å². The number of aryl methyl sites for hydroxylation is 1. The van der Waals surface area contributed by atoms with Crippen molar-refractivity contribution < 1.29 is 14.6 Å². The van der Waals surface area contributed by atoms with Gasteiger partial charge in [0.05, 0.1) is 19.8 Å². The van der Waals surface area contributed by atoms with Gasteiger partial charge >= 0.3 is 0 Å². The Morgan fingerprint density at radius 2 is 1.78 bits per heavy atom. The number of aliphatic hydroxyl groups excluding tert-OH is 1. The first-order chi connectivity index (χ1) is 11.0.